The van der Waals surface area contributed by atoms with E-state index in [0.717, 1.165) is 12.2 Å². The predicted octanol–water partition coefficient (Wildman–Crippen LogP) is 0.159. The maximum Gasteiger partial charge on any atom is 0.330 e. The zero-order chi connectivity index (χ0) is 12.6. The molecule has 2 N–H and O–H groups in total. The van der Waals surface area contributed by atoms with Crippen molar-refractivity contribution in [2.24, 2.45) is 0 Å². The normalized spacial score (nSPS) is 13.4. The molecule has 0 aromatic carbocycles. The lowest BCUT2D eigenvalue weighted by molar-refractivity contribution is -0.142. The Morgan fingerprint density at radius 2 is 2.06 bits per heavy atom. The topological polar surface area (TPSA) is 75.6 Å². The molecule has 1 unspecified atom stereocenters. The van der Waals surface area contributed by atoms with Gasteiger partial charge in [0.05, 0.1) is 12.1 Å². The van der Waals surface area contributed by atoms with Gasteiger partial charge in [0.2, 0.25) is 5.91 Å². The van der Waals surface area contributed by atoms with E-state index in [1.807, 2.05) is 0 Å². The minimum absolute atomic E-state index is 0.107. The van der Waals surface area contributed by atoms with Gasteiger partial charge >= 0.3 is 5.97 Å². The summed E-state index contributed by atoms with van der Waals surface area (Å²) in [5, 5.41) is 11.8. The second-order valence-electron chi connectivity index (χ2n) is 3.30. The van der Waals surface area contributed by atoms with E-state index < -0.39 is 17.4 Å². The van der Waals surface area contributed by atoms with Gasteiger partial charge in [-0.2, -0.15) is 0 Å². The summed E-state index contributed by atoms with van der Waals surface area (Å²) in [6.07, 6.45) is 2.54. The standard InChI is InChI=1S/C11H17NO4/c1-4-9(14)12-11(6-3,7-13)8-16-10(15)5-2/h4-5,13H,1-2,6-8H2,3H3,(H,12,14). The number of aliphatic hydroxyl groups is 1. The van der Waals surface area contributed by atoms with Crippen molar-refractivity contribution in [1.82, 2.24) is 5.32 Å². The van der Waals surface area contributed by atoms with E-state index in [0.29, 0.717) is 6.42 Å². The first-order valence-electron chi connectivity index (χ1n) is 4.88. The van der Waals surface area contributed by atoms with E-state index in [2.05, 4.69) is 18.5 Å². The molecule has 1 amide bonds. The lowest BCUT2D eigenvalue weighted by atomic mass is 9.98. The maximum absolute atomic E-state index is 11.2. The lowest BCUT2D eigenvalue weighted by Crippen LogP contribution is -2.54. The molecular formula is C11H17NO4. The fraction of sp³-hybridized carbons (Fsp3) is 0.455. The Labute approximate surface area is 94.8 Å². The minimum Gasteiger partial charge on any atom is -0.460 e. The number of esters is 1. The predicted molar refractivity (Wildman–Crippen MR) is 59.6 cm³/mol. The molecule has 0 aliphatic carbocycles. The van der Waals surface area contributed by atoms with Crippen LogP contribution in [0.2, 0.25) is 0 Å². The number of rotatable bonds is 7. The number of hydrogen-bond donors (Lipinski definition) is 2. The first-order valence-corrected chi connectivity index (χ1v) is 4.88. The van der Waals surface area contributed by atoms with Crippen LogP contribution in [0.5, 0.6) is 0 Å². The van der Waals surface area contributed by atoms with Gasteiger partial charge in [-0.05, 0) is 12.5 Å². The average molecular weight is 227 g/mol. The number of aliphatic hydroxyl groups excluding tert-OH is 1. The average Bonchev–Trinajstić information content (AvgIpc) is 2.33. The van der Waals surface area contributed by atoms with Crippen molar-refractivity contribution < 1.29 is 19.4 Å². The molecule has 0 saturated heterocycles. The Hall–Kier alpha value is -1.62. The summed E-state index contributed by atoms with van der Waals surface area (Å²) >= 11 is 0. The van der Waals surface area contributed by atoms with Crippen LogP contribution in [0.1, 0.15) is 13.3 Å². The monoisotopic (exact) mass is 227 g/mol. The molecule has 0 heterocycles. The molecule has 0 aromatic heterocycles. The van der Waals surface area contributed by atoms with Crippen LogP contribution in [0.3, 0.4) is 0 Å². The fourth-order valence-electron chi connectivity index (χ4n) is 1.00. The number of nitrogens with one attached hydrogen (secondary N) is 1. The number of carbonyl (C=O) groups excluding carboxylic acids is 2. The zero-order valence-electron chi connectivity index (χ0n) is 9.36. The van der Waals surface area contributed by atoms with Crippen molar-refractivity contribution in [2.45, 2.75) is 18.9 Å². The largest absolute Gasteiger partial charge is 0.460 e. The summed E-state index contributed by atoms with van der Waals surface area (Å²) in [6, 6.07) is 0. The van der Waals surface area contributed by atoms with Gasteiger partial charge in [-0.15, -0.1) is 0 Å². The highest BCUT2D eigenvalue weighted by molar-refractivity contribution is 5.87. The molecule has 5 nitrogen and oxygen atoms in total. The van der Waals surface area contributed by atoms with Gasteiger partial charge in [-0.1, -0.05) is 20.1 Å². The molecular weight excluding hydrogens is 210 g/mol. The van der Waals surface area contributed by atoms with Crippen molar-refractivity contribution >= 4 is 11.9 Å². The van der Waals surface area contributed by atoms with Crippen LogP contribution in [0.15, 0.2) is 25.3 Å². The van der Waals surface area contributed by atoms with Crippen LogP contribution in [0, 0.1) is 0 Å². The third-order valence-electron chi connectivity index (χ3n) is 2.21. The second-order valence-corrected chi connectivity index (χ2v) is 3.30. The molecule has 0 spiro atoms. The third-order valence-corrected chi connectivity index (χ3v) is 2.21. The van der Waals surface area contributed by atoms with Crippen LogP contribution >= 0.6 is 0 Å². The van der Waals surface area contributed by atoms with Crippen molar-refractivity contribution in [3.63, 3.8) is 0 Å². The van der Waals surface area contributed by atoms with E-state index >= 15 is 0 Å². The fourth-order valence-corrected chi connectivity index (χ4v) is 1.00. The van der Waals surface area contributed by atoms with Gasteiger partial charge in [0.1, 0.15) is 6.61 Å². The number of ether oxygens (including phenoxy) is 1. The Morgan fingerprint density at radius 1 is 1.44 bits per heavy atom. The molecule has 0 aromatic rings. The van der Waals surface area contributed by atoms with Crippen molar-refractivity contribution in [3.8, 4) is 0 Å². The highest BCUT2D eigenvalue weighted by Crippen LogP contribution is 2.10. The van der Waals surface area contributed by atoms with Crippen LogP contribution in [0.25, 0.3) is 0 Å². The van der Waals surface area contributed by atoms with Crippen molar-refractivity contribution in [2.75, 3.05) is 13.2 Å². The molecule has 0 radical (unpaired) electrons. The Bertz CT molecular complexity index is 282. The number of hydrogen-bond acceptors (Lipinski definition) is 4. The van der Waals surface area contributed by atoms with Crippen LogP contribution in [0.4, 0.5) is 0 Å². The SMILES string of the molecule is C=CC(=O)NC(CC)(CO)COC(=O)C=C. The summed E-state index contributed by atoms with van der Waals surface area (Å²) in [4.78, 5) is 22.0. The molecule has 16 heavy (non-hydrogen) atoms. The molecule has 0 saturated carbocycles. The Balaban J connectivity index is 4.54. The van der Waals surface area contributed by atoms with E-state index in [1.165, 1.54) is 0 Å². The summed E-state index contributed by atoms with van der Waals surface area (Å²) in [5.74, 6) is -1.02. The molecule has 1 atom stereocenters. The van der Waals surface area contributed by atoms with Gasteiger partial charge in [-0.3, -0.25) is 4.79 Å². The van der Waals surface area contributed by atoms with Gasteiger partial charge in [0, 0.05) is 6.08 Å². The summed E-state index contributed by atoms with van der Waals surface area (Å²) in [5.41, 5.74) is -0.968. The molecule has 0 rings (SSSR count). The minimum atomic E-state index is -0.968. The Morgan fingerprint density at radius 3 is 2.44 bits per heavy atom. The second kappa shape index (κ2) is 6.79. The van der Waals surface area contributed by atoms with E-state index in [1.54, 1.807) is 6.92 Å². The zero-order valence-corrected chi connectivity index (χ0v) is 9.36. The van der Waals surface area contributed by atoms with Crippen LogP contribution in [-0.2, 0) is 14.3 Å². The number of amides is 1. The summed E-state index contributed by atoms with van der Waals surface area (Å²) < 4.78 is 4.82. The smallest absolute Gasteiger partial charge is 0.330 e. The molecule has 0 bridgehead atoms. The highest BCUT2D eigenvalue weighted by atomic mass is 16.5. The summed E-state index contributed by atoms with van der Waals surface area (Å²) in [7, 11) is 0. The van der Waals surface area contributed by atoms with Crippen LogP contribution in [-0.4, -0.2) is 35.7 Å². The molecule has 0 aliphatic rings. The molecule has 5 heteroatoms. The van der Waals surface area contributed by atoms with Gasteiger partial charge in [-0.25, -0.2) is 4.79 Å². The van der Waals surface area contributed by atoms with E-state index in [9.17, 15) is 14.7 Å². The van der Waals surface area contributed by atoms with Crippen molar-refractivity contribution in [1.29, 1.82) is 0 Å². The first kappa shape index (κ1) is 14.4. The summed E-state index contributed by atoms with van der Waals surface area (Å²) in [6.45, 7) is 7.89. The lowest BCUT2D eigenvalue weighted by Gasteiger charge is -2.30. The quantitative estimate of drug-likeness (QED) is 0.480. The number of carbonyl (C=O) groups is 2. The van der Waals surface area contributed by atoms with E-state index in [4.69, 9.17) is 4.74 Å². The third kappa shape index (κ3) is 4.27. The molecule has 90 valence electrons. The van der Waals surface area contributed by atoms with E-state index in [-0.39, 0.29) is 13.2 Å². The highest BCUT2D eigenvalue weighted by Gasteiger charge is 2.30. The molecule has 0 fully saturated rings. The Kier molecular flexibility index (Phi) is 6.10. The van der Waals surface area contributed by atoms with Gasteiger partial charge in [0.15, 0.2) is 0 Å². The van der Waals surface area contributed by atoms with Crippen LogP contribution < -0.4 is 5.32 Å². The molecule has 0 aliphatic heterocycles. The van der Waals surface area contributed by atoms with Gasteiger partial charge < -0.3 is 15.2 Å². The maximum atomic E-state index is 11.2. The van der Waals surface area contributed by atoms with Crippen molar-refractivity contribution in [3.05, 3.63) is 25.3 Å². The first-order chi connectivity index (χ1) is 7.53. The van der Waals surface area contributed by atoms with Gasteiger partial charge in [0.25, 0.3) is 0 Å².